The summed E-state index contributed by atoms with van der Waals surface area (Å²) in [6.45, 7) is 0.645. The van der Waals surface area contributed by atoms with Gasteiger partial charge in [0.25, 0.3) is 0 Å². The molecule has 0 aliphatic carbocycles. The Balaban J connectivity index is 1.98. The maximum absolute atomic E-state index is 11.8. The van der Waals surface area contributed by atoms with Gasteiger partial charge in [-0.15, -0.1) is 0 Å². The minimum Gasteiger partial charge on any atom is -0.465 e. The van der Waals surface area contributed by atoms with Crippen molar-refractivity contribution in [2.75, 3.05) is 13.1 Å². The van der Waals surface area contributed by atoms with E-state index in [-0.39, 0.29) is 11.7 Å². The van der Waals surface area contributed by atoms with Crippen molar-refractivity contribution in [3.8, 4) is 0 Å². The number of carboxylic acid groups (broad SMARTS) is 1. The number of carbonyl (C=O) groups excluding carboxylic acids is 1. The van der Waals surface area contributed by atoms with Crippen LogP contribution in [0.15, 0.2) is 30.3 Å². The third kappa shape index (κ3) is 1.83. The third-order valence-electron chi connectivity index (χ3n) is 2.58. The van der Waals surface area contributed by atoms with E-state index < -0.39 is 6.09 Å². The second-order valence-electron chi connectivity index (χ2n) is 3.61. The standard InChI is InChI=1S/C11H11NO3/c13-10(8-4-2-1-3-5-8)9-6-12(7-9)11(14)15/h1-5,9H,6-7H2,(H,14,15). The Bertz CT molecular complexity index is 382. The molecule has 1 aromatic carbocycles. The quantitative estimate of drug-likeness (QED) is 0.744. The van der Waals surface area contributed by atoms with Gasteiger partial charge in [0.15, 0.2) is 5.78 Å². The highest BCUT2D eigenvalue weighted by Crippen LogP contribution is 2.20. The van der Waals surface area contributed by atoms with Gasteiger partial charge < -0.3 is 10.0 Å². The number of Topliss-reactive ketones (excluding diaryl/α,β-unsaturated/α-hetero) is 1. The molecule has 1 amide bonds. The van der Waals surface area contributed by atoms with Crippen LogP contribution in [0, 0.1) is 5.92 Å². The molecule has 1 saturated heterocycles. The summed E-state index contributed by atoms with van der Waals surface area (Å²) in [6.07, 6.45) is -0.952. The average Bonchev–Trinajstić information content (AvgIpc) is 2.16. The van der Waals surface area contributed by atoms with Gasteiger partial charge in [-0.1, -0.05) is 30.3 Å². The van der Waals surface area contributed by atoms with E-state index in [1.54, 1.807) is 24.3 Å². The van der Waals surface area contributed by atoms with Gasteiger partial charge in [0.05, 0.1) is 5.92 Å². The number of ketones is 1. The van der Waals surface area contributed by atoms with Crippen molar-refractivity contribution in [1.82, 2.24) is 4.90 Å². The van der Waals surface area contributed by atoms with Gasteiger partial charge in [-0.3, -0.25) is 4.79 Å². The number of hydrogen-bond acceptors (Lipinski definition) is 2. The van der Waals surface area contributed by atoms with E-state index in [0.29, 0.717) is 18.7 Å². The smallest absolute Gasteiger partial charge is 0.407 e. The van der Waals surface area contributed by atoms with Crippen LogP contribution in [0.25, 0.3) is 0 Å². The fourth-order valence-electron chi connectivity index (χ4n) is 1.64. The largest absolute Gasteiger partial charge is 0.465 e. The Morgan fingerprint density at radius 2 is 1.80 bits per heavy atom. The van der Waals surface area contributed by atoms with Crippen LogP contribution in [-0.4, -0.2) is 35.0 Å². The zero-order chi connectivity index (χ0) is 10.8. The number of carbonyl (C=O) groups is 2. The van der Waals surface area contributed by atoms with Crippen LogP contribution in [0.4, 0.5) is 4.79 Å². The molecule has 0 saturated carbocycles. The Morgan fingerprint density at radius 3 is 2.33 bits per heavy atom. The van der Waals surface area contributed by atoms with E-state index in [1.807, 2.05) is 6.07 Å². The minimum absolute atomic E-state index is 0.0353. The summed E-state index contributed by atoms with van der Waals surface area (Å²) in [5.74, 6) is -0.128. The molecule has 4 nitrogen and oxygen atoms in total. The molecule has 1 fully saturated rings. The Kier molecular flexibility index (Phi) is 2.41. The Hall–Kier alpha value is -1.84. The molecule has 0 radical (unpaired) electrons. The number of benzene rings is 1. The SMILES string of the molecule is O=C(c1ccccc1)C1CN(C(=O)O)C1. The topological polar surface area (TPSA) is 57.6 Å². The molecular weight excluding hydrogens is 194 g/mol. The maximum atomic E-state index is 11.8. The predicted molar refractivity (Wildman–Crippen MR) is 53.9 cm³/mol. The van der Waals surface area contributed by atoms with Crippen LogP contribution in [0.5, 0.6) is 0 Å². The first-order valence-electron chi connectivity index (χ1n) is 4.75. The van der Waals surface area contributed by atoms with Gasteiger partial charge in [-0.25, -0.2) is 4.79 Å². The Labute approximate surface area is 87.1 Å². The molecule has 2 rings (SSSR count). The van der Waals surface area contributed by atoms with Crippen molar-refractivity contribution < 1.29 is 14.7 Å². The summed E-state index contributed by atoms with van der Waals surface area (Å²) in [5, 5.41) is 8.62. The molecule has 15 heavy (non-hydrogen) atoms. The molecule has 4 heteroatoms. The average molecular weight is 205 g/mol. The highest BCUT2D eigenvalue weighted by molar-refractivity contribution is 5.99. The lowest BCUT2D eigenvalue weighted by molar-refractivity contribution is 0.0610. The summed E-state index contributed by atoms with van der Waals surface area (Å²) < 4.78 is 0. The van der Waals surface area contributed by atoms with Gasteiger partial charge in [0.1, 0.15) is 0 Å². The molecule has 1 aliphatic heterocycles. The van der Waals surface area contributed by atoms with Crippen LogP contribution in [-0.2, 0) is 0 Å². The molecule has 1 aliphatic rings. The number of hydrogen-bond donors (Lipinski definition) is 1. The molecule has 78 valence electrons. The minimum atomic E-state index is -0.952. The molecule has 0 spiro atoms. The van der Waals surface area contributed by atoms with Gasteiger partial charge >= 0.3 is 6.09 Å². The van der Waals surface area contributed by atoms with E-state index in [0.717, 1.165) is 0 Å². The first-order chi connectivity index (χ1) is 7.18. The van der Waals surface area contributed by atoms with Crippen LogP contribution in [0.1, 0.15) is 10.4 Å². The molecule has 0 aromatic heterocycles. The normalized spacial score (nSPS) is 15.9. The predicted octanol–water partition coefficient (Wildman–Crippen LogP) is 1.48. The van der Waals surface area contributed by atoms with Crippen molar-refractivity contribution in [2.45, 2.75) is 0 Å². The fourth-order valence-corrected chi connectivity index (χ4v) is 1.64. The lowest BCUT2D eigenvalue weighted by Crippen LogP contribution is -2.52. The monoisotopic (exact) mass is 205 g/mol. The van der Waals surface area contributed by atoms with Crippen molar-refractivity contribution in [3.05, 3.63) is 35.9 Å². The summed E-state index contributed by atoms with van der Waals surface area (Å²) in [6, 6.07) is 8.97. The first-order valence-corrected chi connectivity index (χ1v) is 4.75. The van der Waals surface area contributed by atoms with Gasteiger partial charge in [0, 0.05) is 18.7 Å². The number of rotatable bonds is 2. The molecule has 1 N–H and O–H groups in total. The zero-order valence-electron chi connectivity index (χ0n) is 8.09. The zero-order valence-corrected chi connectivity index (χ0v) is 8.09. The Morgan fingerprint density at radius 1 is 1.20 bits per heavy atom. The summed E-state index contributed by atoms with van der Waals surface area (Å²) in [4.78, 5) is 23.5. The highest BCUT2D eigenvalue weighted by Gasteiger charge is 2.35. The fraction of sp³-hybridized carbons (Fsp3) is 0.273. The maximum Gasteiger partial charge on any atom is 0.407 e. The van der Waals surface area contributed by atoms with E-state index in [9.17, 15) is 9.59 Å². The van der Waals surface area contributed by atoms with Crippen molar-refractivity contribution in [1.29, 1.82) is 0 Å². The second kappa shape index (κ2) is 3.73. The summed E-state index contributed by atoms with van der Waals surface area (Å²) in [7, 11) is 0. The third-order valence-corrected chi connectivity index (χ3v) is 2.58. The van der Waals surface area contributed by atoms with Gasteiger partial charge in [-0.05, 0) is 0 Å². The molecule has 0 unspecified atom stereocenters. The molecular formula is C11H11NO3. The number of amides is 1. The van der Waals surface area contributed by atoms with Crippen LogP contribution >= 0.6 is 0 Å². The first kappa shape index (κ1) is 9.71. The van der Waals surface area contributed by atoms with Gasteiger partial charge in [-0.2, -0.15) is 0 Å². The second-order valence-corrected chi connectivity index (χ2v) is 3.61. The van der Waals surface area contributed by atoms with Crippen molar-refractivity contribution in [3.63, 3.8) is 0 Å². The number of nitrogens with zero attached hydrogens (tertiary/aromatic N) is 1. The van der Waals surface area contributed by atoms with Crippen molar-refractivity contribution in [2.24, 2.45) is 5.92 Å². The van der Waals surface area contributed by atoms with E-state index in [2.05, 4.69) is 0 Å². The van der Waals surface area contributed by atoms with Crippen LogP contribution < -0.4 is 0 Å². The van der Waals surface area contributed by atoms with Gasteiger partial charge in [0.2, 0.25) is 0 Å². The lowest BCUT2D eigenvalue weighted by atomic mass is 9.91. The lowest BCUT2D eigenvalue weighted by Gasteiger charge is -2.35. The van der Waals surface area contributed by atoms with E-state index >= 15 is 0 Å². The van der Waals surface area contributed by atoms with Crippen molar-refractivity contribution >= 4 is 11.9 Å². The van der Waals surface area contributed by atoms with E-state index in [4.69, 9.17) is 5.11 Å². The molecule has 0 bridgehead atoms. The van der Waals surface area contributed by atoms with Crippen LogP contribution in [0.3, 0.4) is 0 Å². The highest BCUT2D eigenvalue weighted by atomic mass is 16.4. The van der Waals surface area contributed by atoms with Crippen LogP contribution in [0.2, 0.25) is 0 Å². The molecule has 0 atom stereocenters. The summed E-state index contributed by atoms with van der Waals surface area (Å²) in [5.41, 5.74) is 0.660. The number of likely N-dealkylation sites (tertiary alicyclic amines) is 1. The van der Waals surface area contributed by atoms with E-state index in [1.165, 1.54) is 4.90 Å². The molecule has 1 heterocycles. The summed E-state index contributed by atoms with van der Waals surface area (Å²) >= 11 is 0. The molecule has 1 aromatic rings.